The molecule has 21 heavy (non-hydrogen) atoms. The Morgan fingerprint density at radius 1 is 1.00 bits per heavy atom. The first kappa shape index (κ1) is 13.6. The molecule has 1 heteroatoms. The molecule has 0 aliphatic carbocycles. The number of pyridine rings is 1. The molecule has 0 spiro atoms. The predicted octanol–water partition coefficient (Wildman–Crippen LogP) is 5.36. The number of nitrogens with zero attached hydrogens (tertiary/aromatic N) is 1. The molecule has 1 aromatic heterocycles. The van der Waals surface area contributed by atoms with Crippen molar-refractivity contribution in [2.45, 2.75) is 19.3 Å². The first-order valence-electron chi connectivity index (χ1n) is 7.31. The lowest BCUT2D eigenvalue weighted by Gasteiger charge is -2.11. The van der Waals surface area contributed by atoms with Crippen LogP contribution in [0.2, 0.25) is 0 Å². The first-order valence-corrected chi connectivity index (χ1v) is 7.31. The van der Waals surface area contributed by atoms with Gasteiger partial charge in [-0.05, 0) is 29.4 Å². The van der Waals surface area contributed by atoms with Gasteiger partial charge in [0.1, 0.15) is 0 Å². The Bertz CT molecular complexity index is 789. The summed E-state index contributed by atoms with van der Waals surface area (Å²) in [4.78, 5) is 4.89. The van der Waals surface area contributed by atoms with E-state index in [9.17, 15) is 0 Å². The van der Waals surface area contributed by atoms with Crippen LogP contribution in [0.5, 0.6) is 0 Å². The average Bonchev–Trinajstić information content (AvgIpc) is 2.66. The van der Waals surface area contributed by atoms with Gasteiger partial charge in [0.25, 0.3) is 0 Å². The second-order valence-electron chi connectivity index (χ2n) is 5.38. The molecule has 2 aromatic carbocycles. The van der Waals surface area contributed by atoms with Crippen molar-refractivity contribution >= 4 is 10.8 Å². The van der Waals surface area contributed by atoms with Crippen LogP contribution >= 0.6 is 0 Å². The van der Waals surface area contributed by atoms with Gasteiger partial charge in [0.15, 0.2) is 0 Å². The van der Waals surface area contributed by atoms with Crippen LogP contribution in [0.15, 0.2) is 67.8 Å². The molecule has 3 aromatic rings. The lowest BCUT2D eigenvalue weighted by molar-refractivity contribution is 0.754. The molecule has 0 saturated heterocycles. The Labute approximate surface area is 126 Å². The maximum Gasteiger partial charge on any atom is 0.0786 e. The minimum absolute atomic E-state index is 0.526. The molecule has 1 unspecified atom stereocenters. The summed E-state index contributed by atoms with van der Waals surface area (Å²) in [5.74, 6) is 0.526. The summed E-state index contributed by atoms with van der Waals surface area (Å²) in [5.41, 5.74) is 5.07. The monoisotopic (exact) mass is 273 g/mol. The van der Waals surface area contributed by atoms with Crippen LogP contribution in [0.3, 0.4) is 0 Å². The minimum atomic E-state index is 0.526. The van der Waals surface area contributed by atoms with E-state index in [-0.39, 0.29) is 0 Å². The lowest BCUT2D eigenvalue weighted by atomic mass is 9.92. The van der Waals surface area contributed by atoms with E-state index in [0.717, 1.165) is 12.1 Å². The van der Waals surface area contributed by atoms with E-state index in [0.29, 0.717) is 5.92 Å². The minimum Gasteiger partial charge on any atom is -0.252 e. The Hall–Kier alpha value is -2.41. The number of aromatic nitrogens is 1. The number of hydrogen-bond acceptors (Lipinski definition) is 1. The SMILES string of the molecule is C=C.CC1Cc2cc3ccccc3c(n2)-c2ccccc21. The highest BCUT2D eigenvalue weighted by Crippen LogP contribution is 2.37. The van der Waals surface area contributed by atoms with E-state index in [4.69, 9.17) is 4.98 Å². The van der Waals surface area contributed by atoms with Gasteiger partial charge in [0, 0.05) is 16.6 Å². The van der Waals surface area contributed by atoms with Gasteiger partial charge in [-0.25, -0.2) is 0 Å². The van der Waals surface area contributed by atoms with Crippen molar-refractivity contribution in [3.63, 3.8) is 0 Å². The highest BCUT2D eigenvalue weighted by Gasteiger charge is 2.20. The van der Waals surface area contributed by atoms with Gasteiger partial charge in [0.2, 0.25) is 0 Å². The molecule has 0 fully saturated rings. The summed E-state index contributed by atoms with van der Waals surface area (Å²) in [6.07, 6.45) is 1.02. The number of benzene rings is 2. The fourth-order valence-electron chi connectivity index (χ4n) is 3.13. The van der Waals surface area contributed by atoms with E-state index in [1.165, 1.54) is 27.6 Å². The van der Waals surface area contributed by atoms with Crippen LogP contribution in [0.25, 0.3) is 22.0 Å². The highest BCUT2D eigenvalue weighted by atomic mass is 14.7. The van der Waals surface area contributed by atoms with Gasteiger partial charge < -0.3 is 0 Å². The van der Waals surface area contributed by atoms with Gasteiger partial charge >= 0.3 is 0 Å². The van der Waals surface area contributed by atoms with Gasteiger partial charge in [-0.3, -0.25) is 4.98 Å². The fourth-order valence-corrected chi connectivity index (χ4v) is 3.13. The van der Waals surface area contributed by atoms with Crippen molar-refractivity contribution in [2.75, 3.05) is 0 Å². The highest BCUT2D eigenvalue weighted by molar-refractivity contribution is 5.96. The molecule has 104 valence electrons. The Balaban J connectivity index is 0.000000636. The first-order chi connectivity index (χ1) is 10.3. The molecule has 0 saturated carbocycles. The average molecular weight is 273 g/mol. The summed E-state index contributed by atoms with van der Waals surface area (Å²) >= 11 is 0. The van der Waals surface area contributed by atoms with Crippen molar-refractivity contribution in [2.24, 2.45) is 0 Å². The zero-order valence-corrected chi connectivity index (χ0v) is 12.3. The molecule has 1 aliphatic rings. The third-order valence-corrected chi connectivity index (χ3v) is 4.06. The van der Waals surface area contributed by atoms with Gasteiger partial charge in [-0.1, -0.05) is 55.5 Å². The van der Waals surface area contributed by atoms with E-state index >= 15 is 0 Å². The number of rotatable bonds is 0. The van der Waals surface area contributed by atoms with Crippen LogP contribution in [0.1, 0.15) is 24.1 Å². The van der Waals surface area contributed by atoms with Gasteiger partial charge in [-0.15, -0.1) is 13.2 Å². The number of fused-ring (bicyclic) bond motifs is 6. The lowest BCUT2D eigenvalue weighted by Crippen LogP contribution is -1.97. The second kappa shape index (κ2) is 5.53. The summed E-state index contributed by atoms with van der Waals surface area (Å²) < 4.78 is 0. The molecular weight excluding hydrogens is 254 g/mol. The van der Waals surface area contributed by atoms with Crippen molar-refractivity contribution in [1.82, 2.24) is 4.98 Å². The fraction of sp³-hybridized carbons (Fsp3) is 0.150. The predicted molar refractivity (Wildman–Crippen MR) is 90.6 cm³/mol. The smallest absolute Gasteiger partial charge is 0.0786 e. The zero-order valence-electron chi connectivity index (χ0n) is 12.3. The van der Waals surface area contributed by atoms with Gasteiger partial charge in [-0.2, -0.15) is 0 Å². The Morgan fingerprint density at radius 2 is 1.71 bits per heavy atom. The zero-order chi connectivity index (χ0) is 14.8. The number of hydrogen-bond donors (Lipinski definition) is 0. The summed E-state index contributed by atoms with van der Waals surface area (Å²) in [6, 6.07) is 19.5. The molecule has 0 amide bonds. The normalized spacial score (nSPS) is 15.6. The molecule has 1 atom stereocenters. The third-order valence-electron chi connectivity index (χ3n) is 4.06. The van der Waals surface area contributed by atoms with Crippen LogP contribution in [-0.4, -0.2) is 4.98 Å². The molecular formula is C20H19N. The quantitative estimate of drug-likeness (QED) is 0.502. The maximum atomic E-state index is 4.89. The van der Waals surface area contributed by atoms with Crippen molar-refractivity contribution < 1.29 is 0 Å². The summed E-state index contributed by atoms with van der Waals surface area (Å²) in [5, 5.41) is 2.55. The van der Waals surface area contributed by atoms with Crippen LogP contribution < -0.4 is 0 Å². The summed E-state index contributed by atoms with van der Waals surface area (Å²) in [6.45, 7) is 8.29. The largest absolute Gasteiger partial charge is 0.252 e. The molecule has 2 heterocycles. The van der Waals surface area contributed by atoms with E-state index in [1.54, 1.807) is 0 Å². The van der Waals surface area contributed by atoms with Crippen molar-refractivity contribution in [3.8, 4) is 11.3 Å². The Kier molecular flexibility index (Phi) is 3.57. The molecule has 4 rings (SSSR count). The van der Waals surface area contributed by atoms with E-state index in [1.807, 2.05) is 0 Å². The van der Waals surface area contributed by atoms with E-state index in [2.05, 4.69) is 74.7 Å². The molecule has 0 N–H and O–H groups in total. The Morgan fingerprint density at radius 3 is 2.57 bits per heavy atom. The topological polar surface area (TPSA) is 12.9 Å². The van der Waals surface area contributed by atoms with Crippen LogP contribution in [-0.2, 0) is 6.42 Å². The van der Waals surface area contributed by atoms with E-state index < -0.39 is 0 Å². The summed E-state index contributed by atoms with van der Waals surface area (Å²) in [7, 11) is 0. The van der Waals surface area contributed by atoms with Crippen LogP contribution in [0.4, 0.5) is 0 Å². The second-order valence-corrected chi connectivity index (χ2v) is 5.38. The van der Waals surface area contributed by atoms with Crippen molar-refractivity contribution in [3.05, 3.63) is 79.0 Å². The molecule has 2 bridgehead atoms. The standard InChI is InChI=1S/C18H15N.C2H4/c1-12-10-14-11-13-6-2-3-8-16(13)18(19-14)17-9-5-4-7-15(12)17;1-2/h2-9,11-12H,10H2,1H3;1-2H2. The maximum absolute atomic E-state index is 4.89. The molecule has 0 radical (unpaired) electrons. The van der Waals surface area contributed by atoms with Gasteiger partial charge in [0.05, 0.1) is 5.69 Å². The third kappa shape index (κ3) is 2.25. The van der Waals surface area contributed by atoms with Crippen LogP contribution in [0, 0.1) is 0 Å². The van der Waals surface area contributed by atoms with Crippen molar-refractivity contribution in [1.29, 1.82) is 0 Å². The molecule has 1 nitrogen and oxygen atoms in total. The molecule has 1 aliphatic heterocycles.